The second-order valence-corrected chi connectivity index (χ2v) is 9.48. The number of aromatic amines is 2. The van der Waals surface area contributed by atoms with Crippen LogP contribution in [0.1, 0.15) is 12.8 Å². The molecule has 6 aromatic heterocycles. The zero-order chi connectivity index (χ0) is 23.4. The van der Waals surface area contributed by atoms with Crippen molar-refractivity contribution in [2.75, 3.05) is 5.32 Å². The van der Waals surface area contributed by atoms with Gasteiger partial charge in [0.05, 0.1) is 29.3 Å². The molecule has 35 heavy (non-hydrogen) atoms. The summed E-state index contributed by atoms with van der Waals surface area (Å²) in [7, 11) is 0. The number of hydrogen-bond donors (Lipinski definition) is 3. The van der Waals surface area contributed by atoms with Gasteiger partial charge < -0.3 is 10.3 Å². The van der Waals surface area contributed by atoms with Gasteiger partial charge in [-0.25, -0.2) is 9.97 Å². The summed E-state index contributed by atoms with van der Waals surface area (Å²) < 4.78 is 0. The van der Waals surface area contributed by atoms with E-state index in [1.807, 2.05) is 29.6 Å². The number of pyridine rings is 3. The van der Waals surface area contributed by atoms with Gasteiger partial charge in [0.15, 0.2) is 11.5 Å². The topological polar surface area (TPSA) is 125 Å². The fourth-order valence-corrected chi connectivity index (χ4v) is 4.90. The first-order valence-electron chi connectivity index (χ1n) is 11.2. The standard InChI is InChI=1S/C25H18N8OS/c34-25(13-3-4-13)29-15-8-14(10-26-11-15)18-9-17-19(12-28-18)32-33-22(17)24-30-21-16(20-2-1-7-35-20)5-6-27-23(21)31-24/h1-2,5-13H,3-4H2,(H,29,34)(H,32,33)(H,27,30,31). The van der Waals surface area contributed by atoms with Crippen molar-refractivity contribution in [3.05, 3.63) is 60.5 Å². The van der Waals surface area contributed by atoms with Crippen LogP contribution in [0, 0.1) is 5.92 Å². The van der Waals surface area contributed by atoms with Gasteiger partial charge in [-0.15, -0.1) is 11.3 Å². The van der Waals surface area contributed by atoms with Gasteiger partial charge in [0, 0.05) is 39.7 Å². The summed E-state index contributed by atoms with van der Waals surface area (Å²) in [6, 6.07) is 9.92. The molecule has 0 radical (unpaired) electrons. The Morgan fingerprint density at radius 1 is 1.11 bits per heavy atom. The van der Waals surface area contributed by atoms with Gasteiger partial charge >= 0.3 is 0 Å². The molecule has 0 atom stereocenters. The summed E-state index contributed by atoms with van der Waals surface area (Å²) in [5.41, 5.74) is 6.22. The molecule has 0 unspecified atom stereocenters. The summed E-state index contributed by atoms with van der Waals surface area (Å²) in [6.07, 6.45) is 8.82. The van der Waals surface area contributed by atoms with Crippen LogP contribution in [0.15, 0.2) is 60.5 Å². The van der Waals surface area contributed by atoms with E-state index in [9.17, 15) is 4.79 Å². The second kappa shape index (κ2) is 7.81. The maximum Gasteiger partial charge on any atom is 0.227 e. The number of aromatic nitrogens is 7. The zero-order valence-electron chi connectivity index (χ0n) is 18.3. The maximum atomic E-state index is 12.2. The van der Waals surface area contributed by atoms with Crippen LogP contribution in [-0.4, -0.2) is 41.0 Å². The Morgan fingerprint density at radius 2 is 2.06 bits per heavy atom. The predicted molar refractivity (Wildman–Crippen MR) is 135 cm³/mol. The van der Waals surface area contributed by atoms with Crippen LogP contribution >= 0.6 is 11.3 Å². The lowest BCUT2D eigenvalue weighted by atomic mass is 10.1. The normalized spacial score (nSPS) is 13.5. The van der Waals surface area contributed by atoms with Gasteiger partial charge in [-0.2, -0.15) is 5.10 Å². The van der Waals surface area contributed by atoms with Crippen LogP contribution in [-0.2, 0) is 4.79 Å². The fourth-order valence-electron chi connectivity index (χ4n) is 4.15. The minimum absolute atomic E-state index is 0.0462. The molecular formula is C25H18N8OS. The summed E-state index contributed by atoms with van der Waals surface area (Å²) in [6.45, 7) is 0. The third-order valence-corrected chi connectivity index (χ3v) is 7.00. The molecule has 9 nitrogen and oxygen atoms in total. The summed E-state index contributed by atoms with van der Waals surface area (Å²) in [5, 5.41) is 13.4. The second-order valence-electron chi connectivity index (χ2n) is 8.53. The molecule has 10 heteroatoms. The molecule has 1 saturated carbocycles. The van der Waals surface area contributed by atoms with Crippen molar-refractivity contribution in [2.45, 2.75) is 12.8 Å². The third-order valence-electron chi connectivity index (χ3n) is 6.09. The average Bonchev–Trinajstić information content (AvgIpc) is 3.26. The number of anilines is 1. The molecule has 0 aromatic carbocycles. The lowest BCUT2D eigenvalue weighted by molar-refractivity contribution is -0.117. The highest BCUT2D eigenvalue weighted by molar-refractivity contribution is 7.13. The van der Waals surface area contributed by atoms with E-state index < -0.39 is 0 Å². The number of carbonyl (C=O) groups excluding carboxylic acids is 1. The largest absolute Gasteiger partial charge is 0.324 e. The molecule has 1 aliphatic rings. The van der Waals surface area contributed by atoms with Crippen molar-refractivity contribution in [2.24, 2.45) is 5.92 Å². The third kappa shape index (κ3) is 3.55. The van der Waals surface area contributed by atoms with E-state index in [1.165, 1.54) is 0 Å². The Labute approximate surface area is 202 Å². The van der Waals surface area contributed by atoms with E-state index in [0.717, 1.165) is 51.0 Å². The smallest absolute Gasteiger partial charge is 0.227 e. The van der Waals surface area contributed by atoms with E-state index in [-0.39, 0.29) is 11.8 Å². The van der Waals surface area contributed by atoms with Gasteiger partial charge in [0.25, 0.3) is 0 Å². The highest BCUT2D eigenvalue weighted by atomic mass is 32.1. The Bertz CT molecular complexity index is 1710. The van der Waals surface area contributed by atoms with Gasteiger partial charge in [-0.3, -0.25) is 19.9 Å². The van der Waals surface area contributed by atoms with Crippen molar-refractivity contribution in [3.63, 3.8) is 0 Å². The first-order valence-corrected chi connectivity index (χ1v) is 12.1. The molecule has 1 fully saturated rings. The zero-order valence-corrected chi connectivity index (χ0v) is 19.1. The van der Waals surface area contributed by atoms with Crippen molar-refractivity contribution in [1.29, 1.82) is 0 Å². The Balaban J connectivity index is 1.29. The minimum Gasteiger partial charge on any atom is -0.324 e. The Kier molecular flexibility index (Phi) is 4.46. The monoisotopic (exact) mass is 478 g/mol. The number of carbonyl (C=O) groups is 1. The Morgan fingerprint density at radius 3 is 2.91 bits per heavy atom. The number of imidazole rings is 1. The van der Waals surface area contributed by atoms with Crippen LogP contribution in [0.4, 0.5) is 5.69 Å². The molecule has 6 heterocycles. The number of nitrogens with zero attached hydrogens (tertiary/aromatic N) is 5. The van der Waals surface area contributed by atoms with Gasteiger partial charge in [0.1, 0.15) is 11.2 Å². The minimum atomic E-state index is 0.0462. The van der Waals surface area contributed by atoms with Gasteiger partial charge in [0.2, 0.25) is 5.91 Å². The number of nitrogens with one attached hydrogen (secondary N) is 3. The van der Waals surface area contributed by atoms with E-state index in [0.29, 0.717) is 22.9 Å². The first-order chi connectivity index (χ1) is 17.2. The quantitative estimate of drug-likeness (QED) is 0.319. The highest BCUT2D eigenvalue weighted by Crippen LogP contribution is 2.34. The lowest BCUT2D eigenvalue weighted by Gasteiger charge is -2.06. The molecule has 0 spiro atoms. The predicted octanol–water partition coefficient (Wildman–Crippen LogP) is 5.04. The average molecular weight is 479 g/mol. The summed E-state index contributed by atoms with van der Waals surface area (Å²) in [5.74, 6) is 0.800. The molecule has 0 saturated heterocycles. The number of H-pyrrole nitrogens is 2. The first kappa shape index (κ1) is 20.0. The Hall–Kier alpha value is -4.44. The lowest BCUT2D eigenvalue weighted by Crippen LogP contribution is -2.13. The maximum absolute atomic E-state index is 12.2. The van der Waals surface area contributed by atoms with Crippen molar-refractivity contribution >= 4 is 45.0 Å². The number of amides is 1. The van der Waals surface area contributed by atoms with E-state index in [4.69, 9.17) is 4.98 Å². The molecule has 0 aliphatic heterocycles. The van der Waals surface area contributed by atoms with Crippen LogP contribution in [0.5, 0.6) is 0 Å². The van der Waals surface area contributed by atoms with Crippen LogP contribution < -0.4 is 5.32 Å². The summed E-state index contributed by atoms with van der Waals surface area (Å²) >= 11 is 1.67. The molecule has 1 amide bonds. The van der Waals surface area contributed by atoms with Crippen LogP contribution in [0.2, 0.25) is 0 Å². The van der Waals surface area contributed by atoms with Crippen LogP contribution in [0.25, 0.3) is 55.3 Å². The van der Waals surface area contributed by atoms with Gasteiger partial charge in [-0.1, -0.05) is 6.07 Å². The van der Waals surface area contributed by atoms with Crippen LogP contribution in [0.3, 0.4) is 0 Å². The molecule has 170 valence electrons. The summed E-state index contributed by atoms with van der Waals surface area (Å²) in [4.78, 5) is 34.8. The van der Waals surface area contributed by atoms with Crippen molar-refractivity contribution in [3.8, 4) is 33.2 Å². The van der Waals surface area contributed by atoms with E-state index in [2.05, 4.69) is 41.5 Å². The molecule has 7 rings (SSSR count). The molecule has 3 N–H and O–H groups in total. The number of fused-ring (bicyclic) bond motifs is 2. The van der Waals surface area contributed by atoms with Gasteiger partial charge in [-0.05, 0) is 42.5 Å². The molecule has 1 aliphatic carbocycles. The molecule has 0 bridgehead atoms. The van der Waals surface area contributed by atoms with E-state index >= 15 is 0 Å². The molecule has 6 aromatic rings. The van der Waals surface area contributed by atoms with Crippen molar-refractivity contribution in [1.82, 2.24) is 35.1 Å². The number of thiophene rings is 1. The highest BCUT2D eigenvalue weighted by Gasteiger charge is 2.29. The fraction of sp³-hybridized carbons (Fsp3) is 0.120. The number of rotatable bonds is 5. The van der Waals surface area contributed by atoms with Crippen molar-refractivity contribution < 1.29 is 4.79 Å². The number of hydrogen-bond acceptors (Lipinski definition) is 7. The molecular weight excluding hydrogens is 460 g/mol. The van der Waals surface area contributed by atoms with E-state index in [1.54, 1.807) is 36.1 Å². The SMILES string of the molecule is O=C(Nc1cncc(-c2cc3c(-c4nc5c(-c6cccs6)ccnc5[nH]4)n[nH]c3cn2)c1)C1CC1.